The van der Waals surface area contributed by atoms with Crippen molar-refractivity contribution in [1.82, 2.24) is 5.32 Å². The lowest BCUT2D eigenvalue weighted by Crippen LogP contribution is -2.29. The van der Waals surface area contributed by atoms with Gasteiger partial charge in [0.25, 0.3) is 5.91 Å². The fraction of sp³-hybridized carbons (Fsp3) is 0.158. The van der Waals surface area contributed by atoms with Crippen LogP contribution < -0.4 is 10.6 Å². The molecule has 2 aromatic carbocycles. The molecule has 8 heteroatoms. The van der Waals surface area contributed by atoms with Crippen LogP contribution in [0.4, 0.5) is 5.69 Å². The second-order valence-electron chi connectivity index (χ2n) is 5.63. The molecule has 3 N–H and O–H groups in total. The van der Waals surface area contributed by atoms with E-state index >= 15 is 0 Å². The minimum absolute atomic E-state index is 0.0162. The van der Waals surface area contributed by atoms with E-state index in [2.05, 4.69) is 10.6 Å². The highest BCUT2D eigenvalue weighted by molar-refractivity contribution is 6.30. The van der Waals surface area contributed by atoms with Crippen LogP contribution in [0.15, 0.2) is 48.5 Å². The lowest BCUT2D eigenvalue weighted by molar-refractivity contribution is -0.135. The molecule has 7 nitrogen and oxygen atoms in total. The van der Waals surface area contributed by atoms with E-state index in [1.165, 1.54) is 24.3 Å². The lowest BCUT2D eigenvalue weighted by atomic mass is 10.1. The number of amides is 2. The summed E-state index contributed by atoms with van der Waals surface area (Å²) in [7, 11) is 0. The molecule has 0 aromatic heterocycles. The van der Waals surface area contributed by atoms with Gasteiger partial charge < -0.3 is 15.7 Å². The van der Waals surface area contributed by atoms with E-state index in [-0.39, 0.29) is 30.1 Å². The first-order valence-electron chi connectivity index (χ1n) is 8.04. The predicted molar refractivity (Wildman–Crippen MR) is 100 cm³/mol. The first-order valence-corrected chi connectivity index (χ1v) is 8.41. The fourth-order valence-corrected chi connectivity index (χ4v) is 2.32. The maximum absolute atomic E-state index is 12.0. The summed E-state index contributed by atoms with van der Waals surface area (Å²) in [5, 5.41) is 13.9. The zero-order valence-electron chi connectivity index (χ0n) is 14.2. The topological polar surface area (TPSA) is 113 Å². The van der Waals surface area contributed by atoms with Crippen LogP contribution in [-0.4, -0.2) is 35.2 Å². The summed E-state index contributed by atoms with van der Waals surface area (Å²) in [5.74, 6) is -2.16. The first-order chi connectivity index (χ1) is 12.8. The van der Waals surface area contributed by atoms with Crippen molar-refractivity contribution < 1.29 is 24.3 Å². The van der Waals surface area contributed by atoms with Crippen LogP contribution in [0.2, 0.25) is 5.02 Å². The second-order valence-corrected chi connectivity index (χ2v) is 6.07. The number of hydrogen-bond donors (Lipinski definition) is 3. The molecular weight excluding hydrogens is 372 g/mol. The summed E-state index contributed by atoms with van der Waals surface area (Å²) in [4.78, 5) is 46.1. The number of carboxylic acid groups (broad SMARTS) is 1. The minimum atomic E-state index is -1.14. The molecule has 2 rings (SSSR count). The molecule has 0 atom stereocenters. The number of anilines is 1. The maximum atomic E-state index is 12.0. The van der Waals surface area contributed by atoms with Crippen LogP contribution in [0.1, 0.15) is 33.6 Å². The molecule has 0 bridgehead atoms. The molecule has 0 fully saturated rings. The lowest BCUT2D eigenvalue weighted by Gasteiger charge is -2.07. The van der Waals surface area contributed by atoms with Gasteiger partial charge in [0.2, 0.25) is 5.91 Å². The molecule has 27 heavy (non-hydrogen) atoms. The zero-order valence-corrected chi connectivity index (χ0v) is 15.0. The van der Waals surface area contributed by atoms with Crippen molar-refractivity contribution in [1.29, 1.82) is 0 Å². The van der Waals surface area contributed by atoms with Gasteiger partial charge in [-0.2, -0.15) is 0 Å². The Morgan fingerprint density at radius 2 is 1.44 bits per heavy atom. The number of nitrogens with one attached hydrogen (secondary N) is 2. The number of aliphatic carboxylic acids is 1. The van der Waals surface area contributed by atoms with Gasteiger partial charge in [0.1, 0.15) is 6.54 Å². The Bertz CT molecular complexity index is 847. The highest BCUT2D eigenvalue weighted by atomic mass is 35.5. The molecule has 0 saturated heterocycles. The number of carboxylic acids is 1. The van der Waals surface area contributed by atoms with Crippen molar-refractivity contribution in [2.45, 2.75) is 12.8 Å². The number of carbonyl (C=O) groups excluding carboxylic acids is 3. The summed E-state index contributed by atoms with van der Waals surface area (Å²) < 4.78 is 0. The van der Waals surface area contributed by atoms with Crippen molar-refractivity contribution in [2.24, 2.45) is 0 Å². The van der Waals surface area contributed by atoms with Gasteiger partial charge in [0.15, 0.2) is 5.78 Å². The van der Waals surface area contributed by atoms with Crippen molar-refractivity contribution >= 4 is 40.9 Å². The molecule has 0 radical (unpaired) electrons. The van der Waals surface area contributed by atoms with Crippen LogP contribution >= 0.6 is 11.6 Å². The largest absolute Gasteiger partial charge is 0.480 e. The number of carbonyl (C=O) groups is 4. The van der Waals surface area contributed by atoms with Crippen LogP contribution in [-0.2, 0) is 9.59 Å². The zero-order chi connectivity index (χ0) is 19.8. The normalized spacial score (nSPS) is 10.1. The Hall–Kier alpha value is -3.19. The number of ketones is 1. The highest BCUT2D eigenvalue weighted by Crippen LogP contribution is 2.13. The van der Waals surface area contributed by atoms with Crippen LogP contribution in [0.3, 0.4) is 0 Å². The van der Waals surface area contributed by atoms with Gasteiger partial charge >= 0.3 is 5.97 Å². The Labute approximate surface area is 160 Å². The molecule has 0 heterocycles. The average molecular weight is 389 g/mol. The Kier molecular flexibility index (Phi) is 7.08. The average Bonchev–Trinajstić information content (AvgIpc) is 2.65. The highest BCUT2D eigenvalue weighted by Gasteiger charge is 2.11. The minimum Gasteiger partial charge on any atom is -0.480 e. The molecule has 0 aliphatic carbocycles. The molecule has 0 saturated carbocycles. The molecular formula is C19H17ClN2O5. The molecule has 2 amide bonds. The fourth-order valence-electron chi connectivity index (χ4n) is 2.19. The van der Waals surface area contributed by atoms with Crippen molar-refractivity contribution in [3.05, 3.63) is 64.7 Å². The molecule has 0 spiro atoms. The SMILES string of the molecule is O=C(O)CNC(=O)c1ccc(NC(=O)CCC(=O)c2ccc(Cl)cc2)cc1. The van der Waals surface area contributed by atoms with Gasteiger partial charge in [0.05, 0.1) is 0 Å². The molecule has 140 valence electrons. The Morgan fingerprint density at radius 1 is 0.852 bits per heavy atom. The van der Waals surface area contributed by atoms with E-state index in [1.54, 1.807) is 24.3 Å². The Balaban J connectivity index is 1.83. The quantitative estimate of drug-likeness (QED) is 0.602. The van der Waals surface area contributed by atoms with E-state index in [0.29, 0.717) is 16.3 Å². The van der Waals surface area contributed by atoms with Crippen molar-refractivity contribution in [3.63, 3.8) is 0 Å². The summed E-state index contributed by atoms with van der Waals surface area (Å²) in [6.45, 7) is -0.473. The van der Waals surface area contributed by atoms with Gasteiger partial charge in [-0.15, -0.1) is 0 Å². The third kappa shape index (κ3) is 6.56. The van der Waals surface area contributed by atoms with Crippen molar-refractivity contribution in [2.75, 3.05) is 11.9 Å². The number of Topliss-reactive ketones (excluding diaryl/α,β-unsaturated/α-hetero) is 1. The van der Waals surface area contributed by atoms with Gasteiger partial charge in [-0.1, -0.05) is 11.6 Å². The standard InChI is InChI=1S/C19H17ClN2O5/c20-14-5-1-12(2-6-14)16(23)9-10-17(24)22-15-7-3-13(4-8-15)19(27)21-11-18(25)26/h1-8H,9-11H2,(H,21,27)(H,22,24)(H,25,26). The van der Waals surface area contributed by atoms with Gasteiger partial charge in [0, 0.05) is 34.7 Å². The van der Waals surface area contributed by atoms with E-state index in [0.717, 1.165) is 0 Å². The van der Waals surface area contributed by atoms with Crippen LogP contribution in [0.25, 0.3) is 0 Å². The van der Waals surface area contributed by atoms with Crippen LogP contribution in [0.5, 0.6) is 0 Å². The molecule has 0 aliphatic rings. The number of rotatable bonds is 8. The number of halogens is 1. The van der Waals surface area contributed by atoms with Gasteiger partial charge in [-0.3, -0.25) is 19.2 Å². The van der Waals surface area contributed by atoms with Crippen LogP contribution in [0, 0.1) is 0 Å². The third-order valence-corrected chi connectivity index (χ3v) is 3.83. The smallest absolute Gasteiger partial charge is 0.322 e. The summed E-state index contributed by atoms with van der Waals surface area (Å²) in [6.07, 6.45) is 0.0749. The van der Waals surface area contributed by atoms with Crippen molar-refractivity contribution in [3.8, 4) is 0 Å². The first kappa shape index (κ1) is 20.1. The monoisotopic (exact) mass is 388 g/mol. The summed E-state index contributed by atoms with van der Waals surface area (Å²) >= 11 is 5.77. The Morgan fingerprint density at radius 3 is 2.04 bits per heavy atom. The molecule has 2 aromatic rings. The van der Waals surface area contributed by atoms with Gasteiger partial charge in [-0.25, -0.2) is 0 Å². The number of benzene rings is 2. The van der Waals surface area contributed by atoms with E-state index in [9.17, 15) is 19.2 Å². The summed E-state index contributed by atoms with van der Waals surface area (Å²) in [6, 6.07) is 12.4. The predicted octanol–water partition coefficient (Wildman–Crippen LogP) is 2.76. The van der Waals surface area contributed by atoms with E-state index < -0.39 is 18.4 Å². The maximum Gasteiger partial charge on any atom is 0.322 e. The van der Waals surface area contributed by atoms with E-state index in [1.807, 2.05) is 0 Å². The van der Waals surface area contributed by atoms with Gasteiger partial charge in [-0.05, 0) is 48.5 Å². The molecule has 0 aliphatic heterocycles. The number of hydrogen-bond acceptors (Lipinski definition) is 4. The third-order valence-electron chi connectivity index (χ3n) is 3.58. The van der Waals surface area contributed by atoms with E-state index in [4.69, 9.17) is 16.7 Å². The molecule has 0 unspecified atom stereocenters. The summed E-state index contributed by atoms with van der Waals surface area (Å²) in [5.41, 5.74) is 1.23. The second kappa shape index (κ2) is 9.49.